The van der Waals surface area contributed by atoms with Crippen LogP contribution in [0.5, 0.6) is 0 Å². The molecule has 1 N–H and O–H groups in total. The Morgan fingerprint density at radius 1 is 1.40 bits per heavy atom. The summed E-state index contributed by atoms with van der Waals surface area (Å²) in [4.78, 5) is 8.93. The summed E-state index contributed by atoms with van der Waals surface area (Å²) in [7, 11) is 0. The molecule has 0 aliphatic carbocycles. The smallest absolute Gasteiger partial charge is 0.130 e. The summed E-state index contributed by atoms with van der Waals surface area (Å²) in [6, 6.07) is 5.26. The highest BCUT2D eigenvalue weighted by Crippen LogP contribution is 2.29. The Bertz CT molecular complexity index is 472. The maximum atomic E-state index is 9.99. The van der Waals surface area contributed by atoms with Gasteiger partial charge in [0, 0.05) is 11.1 Å². The van der Waals surface area contributed by atoms with Crippen molar-refractivity contribution in [1.82, 2.24) is 9.97 Å². The number of hydrogen-bond acceptors (Lipinski definition) is 4. The highest BCUT2D eigenvalue weighted by Gasteiger charge is 2.14. The zero-order chi connectivity index (χ0) is 10.8. The standard InChI is InChI=1S/C10H9ClN2OS/c1-6-12-5-4-7(13-6)10(14)8-2-3-9(11)15-8/h2-5,10,14H,1H3. The lowest BCUT2D eigenvalue weighted by Gasteiger charge is -2.07. The third-order valence-electron chi connectivity index (χ3n) is 1.94. The van der Waals surface area contributed by atoms with Gasteiger partial charge in [-0.15, -0.1) is 11.3 Å². The van der Waals surface area contributed by atoms with Gasteiger partial charge >= 0.3 is 0 Å². The van der Waals surface area contributed by atoms with Crippen LogP contribution in [0.3, 0.4) is 0 Å². The molecule has 0 radical (unpaired) electrons. The van der Waals surface area contributed by atoms with Crippen LogP contribution in [0.25, 0.3) is 0 Å². The van der Waals surface area contributed by atoms with Crippen molar-refractivity contribution in [1.29, 1.82) is 0 Å². The van der Waals surface area contributed by atoms with Crippen molar-refractivity contribution in [3.05, 3.63) is 45.1 Å². The van der Waals surface area contributed by atoms with E-state index in [1.54, 1.807) is 31.3 Å². The van der Waals surface area contributed by atoms with Gasteiger partial charge in [-0.05, 0) is 25.1 Å². The molecule has 0 fully saturated rings. The van der Waals surface area contributed by atoms with Gasteiger partial charge in [-0.2, -0.15) is 0 Å². The van der Waals surface area contributed by atoms with Crippen LogP contribution < -0.4 is 0 Å². The summed E-state index contributed by atoms with van der Waals surface area (Å²) in [5.41, 5.74) is 0.598. The Morgan fingerprint density at radius 3 is 2.80 bits per heavy atom. The average Bonchev–Trinajstić information content (AvgIpc) is 2.64. The molecule has 3 nitrogen and oxygen atoms in total. The van der Waals surface area contributed by atoms with E-state index in [0.29, 0.717) is 15.9 Å². The van der Waals surface area contributed by atoms with Crippen molar-refractivity contribution in [3.63, 3.8) is 0 Å². The van der Waals surface area contributed by atoms with Crippen molar-refractivity contribution in [2.45, 2.75) is 13.0 Å². The molecule has 78 valence electrons. The van der Waals surface area contributed by atoms with E-state index >= 15 is 0 Å². The molecule has 0 aromatic carbocycles. The summed E-state index contributed by atoms with van der Waals surface area (Å²) in [5, 5.41) is 9.99. The van der Waals surface area contributed by atoms with Crippen molar-refractivity contribution < 1.29 is 5.11 Å². The van der Waals surface area contributed by atoms with Crippen LogP contribution in [0.4, 0.5) is 0 Å². The Hall–Kier alpha value is -0.970. The van der Waals surface area contributed by atoms with Crippen LogP contribution >= 0.6 is 22.9 Å². The van der Waals surface area contributed by atoms with E-state index < -0.39 is 6.10 Å². The van der Waals surface area contributed by atoms with Gasteiger partial charge in [-0.3, -0.25) is 0 Å². The monoisotopic (exact) mass is 240 g/mol. The van der Waals surface area contributed by atoms with Gasteiger partial charge in [0.2, 0.25) is 0 Å². The topological polar surface area (TPSA) is 46.0 Å². The molecule has 2 heterocycles. The number of aliphatic hydroxyl groups is 1. The Labute approximate surface area is 96.4 Å². The first kappa shape index (κ1) is 10.5. The molecule has 1 unspecified atom stereocenters. The maximum absolute atomic E-state index is 9.99. The number of nitrogens with zero attached hydrogens (tertiary/aromatic N) is 2. The molecule has 0 bridgehead atoms. The first-order valence-corrected chi connectivity index (χ1v) is 5.59. The summed E-state index contributed by atoms with van der Waals surface area (Å²) in [5.74, 6) is 0.647. The number of halogens is 1. The van der Waals surface area contributed by atoms with Gasteiger partial charge in [-0.1, -0.05) is 11.6 Å². The second kappa shape index (κ2) is 4.26. The molecule has 0 spiro atoms. The van der Waals surface area contributed by atoms with Crippen molar-refractivity contribution in [3.8, 4) is 0 Å². The molecule has 1 atom stereocenters. The minimum Gasteiger partial charge on any atom is -0.381 e. The maximum Gasteiger partial charge on any atom is 0.130 e. The quantitative estimate of drug-likeness (QED) is 0.878. The predicted octanol–water partition coefficient (Wildman–Crippen LogP) is 2.58. The average molecular weight is 241 g/mol. The molecule has 0 aliphatic heterocycles. The molecule has 0 aliphatic rings. The molecule has 0 amide bonds. The zero-order valence-corrected chi connectivity index (χ0v) is 9.59. The Kier molecular flexibility index (Phi) is 3.00. The molecule has 2 aromatic rings. The van der Waals surface area contributed by atoms with Crippen LogP contribution in [0.2, 0.25) is 4.34 Å². The fourth-order valence-corrected chi connectivity index (χ4v) is 2.31. The number of hydrogen-bond donors (Lipinski definition) is 1. The van der Waals surface area contributed by atoms with E-state index in [0.717, 1.165) is 4.88 Å². The third-order valence-corrected chi connectivity index (χ3v) is 3.22. The number of rotatable bonds is 2. The Morgan fingerprint density at radius 2 is 2.20 bits per heavy atom. The van der Waals surface area contributed by atoms with Crippen molar-refractivity contribution in [2.75, 3.05) is 0 Å². The first-order chi connectivity index (χ1) is 7.16. The van der Waals surface area contributed by atoms with Crippen LogP contribution in [0.15, 0.2) is 24.4 Å². The molecule has 2 rings (SSSR count). The Balaban J connectivity index is 2.32. The highest BCUT2D eigenvalue weighted by molar-refractivity contribution is 7.16. The predicted molar refractivity (Wildman–Crippen MR) is 60.2 cm³/mol. The van der Waals surface area contributed by atoms with Gasteiger partial charge in [0.15, 0.2) is 0 Å². The minimum absolute atomic E-state index is 0.598. The second-order valence-electron chi connectivity index (χ2n) is 3.07. The summed E-state index contributed by atoms with van der Waals surface area (Å²) < 4.78 is 0.662. The largest absolute Gasteiger partial charge is 0.381 e. The minimum atomic E-state index is -0.718. The van der Waals surface area contributed by atoms with Gasteiger partial charge in [-0.25, -0.2) is 9.97 Å². The van der Waals surface area contributed by atoms with E-state index in [2.05, 4.69) is 9.97 Å². The normalized spacial score (nSPS) is 12.7. The van der Waals surface area contributed by atoms with Gasteiger partial charge < -0.3 is 5.11 Å². The lowest BCUT2D eigenvalue weighted by Crippen LogP contribution is -2.02. The summed E-state index contributed by atoms with van der Waals surface area (Å²) in [6.07, 6.45) is 0.917. The van der Waals surface area contributed by atoms with Crippen molar-refractivity contribution in [2.24, 2.45) is 0 Å². The summed E-state index contributed by atoms with van der Waals surface area (Å²) in [6.45, 7) is 1.79. The van der Waals surface area contributed by atoms with Crippen molar-refractivity contribution >= 4 is 22.9 Å². The van der Waals surface area contributed by atoms with E-state index in [-0.39, 0.29) is 0 Å². The number of aliphatic hydroxyl groups excluding tert-OH is 1. The number of thiophene rings is 1. The van der Waals surface area contributed by atoms with E-state index in [9.17, 15) is 5.11 Å². The van der Waals surface area contributed by atoms with Gasteiger partial charge in [0.05, 0.1) is 10.0 Å². The third kappa shape index (κ3) is 2.34. The fraction of sp³-hybridized carbons (Fsp3) is 0.200. The van der Waals surface area contributed by atoms with Gasteiger partial charge in [0.1, 0.15) is 11.9 Å². The van der Waals surface area contributed by atoms with Gasteiger partial charge in [0.25, 0.3) is 0 Å². The lowest BCUT2D eigenvalue weighted by molar-refractivity contribution is 0.218. The van der Waals surface area contributed by atoms with E-state index in [1.807, 2.05) is 0 Å². The molecular formula is C10H9ClN2OS. The van der Waals surface area contributed by atoms with Crippen LogP contribution in [0, 0.1) is 6.92 Å². The van der Waals surface area contributed by atoms with Crippen LogP contribution in [-0.2, 0) is 0 Å². The molecule has 0 saturated heterocycles. The SMILES string of the molecule is Cc1nccc(C(O)c2ccc(Cl)s2)n1. The molecular weight excluding hydrogens is 232 g/mol. The lowest BCUT2D eigenvalue weighted by atomic mass is 10.2. The number of aryl methyl sites for hydroxylation is 1. The van der Waals surface area contributed by atoms with Crippen LogP contribution in [0.1, 0.15) is 22.5 Å². The second-order valence-corrected chi connectivity index (χ2v) is 4.82. The molecule has 2 aromatic heterocycles. The number of aromatic nitrogens is 2. The fourth-order valence-electron chi connectivity index (χ4n) is 1.25. The summed E-state index contributed by atoms with van der Waals surface area (Å²) >= 11 is 7.15. The first-order valence-electron chi connectivity index (χ1n) is 4.39. The van der Waals surface area contributed by atoms with E-state index in [1.165, 1.54) is 11.3 Å². The zero-order valence-electron chi connectivity index (χ0n) is 8.01. The van der Waals surface area contributed by atoms with Crippen LogP contribution in [-0.4, -0.2) is 15.1 Å². The van der Waals surface area contributed by atoms with E-state index in [4.69, 9.17) is 11.6 Å². The molecule has 15 heavy (non-hydrogen) atoms. The molecule has 0 saturated carbocycles. The highest BCUT2D eigenvalue weighted by atomic mass is 35.5. The molecule has 5 heteroatoms.